The maximum absolute atomic E-state index is 12.0. The molecule has 0 bridgehead atoms. The minimum Gasteiger partial charge on any atom is -0.314 e. The van der Waals surface area contributed by atoms with Crippen LogP contribution >= 0.6 is 0 Å². The predicted molar refractivity (Wildman–Crippen MR) is 74.2 cm³/mol. The van der Waals surface area contributed by atoms with Gasteiger partial charge in [0.1, 0.15) is 0 Å². The van der Waals surface area contributed by atoms with E-state index in [2.05, 4.69) is 5.32 Å². The summed E-state index contributed by atoms with van der Waals surface area (Å²) in [4.78, 5) is 0. The fourth-order valence-corrected chi connectivity index (χ4v) is 3.88. The van der Waals surface area contributed by atoms with E-state index in [1.807, 2.05) is 30.3 Å². The Bertz CT molecular complexity index is 450. The maximum Gasteiger partial charge on any atom is 0.154 e. The first-order valence-corrected chi connectivity index (χ1v) is 8.46. The SMILES string of the molecule is O=S(=O)(CCC1CCCCN1)Cc1ccccc1. The highest BCUT2D eigenvalue weighted by molar-refractivity contribution is 7.90. The molecule has 0 amide bonds. The van der Waals surface area contributed by atoms with Crippen molar-refractivity contribution in [2.45, 2.75) is 37.5 Å². The van der Waals surface area contributed by atoms with Crippen LogP contribution in [0.3, 0.4) is 0 Å². The molecule has 100 valence electrons. The van der Waals surface area contributed by atoms with Gasteiger partial charge in [-0.1, -0.05) is 36.8 Å². The first kappa shape index (κ1) is 13.6. The highest BCUT2D eigenvalue weighted by atomic mass is 32.2. The molecule has 2 rings (SSSR count). The number of piperidine rings is 1. The molecule has 0 saturated carbocycles. The molecule has 18 heavy (non-hydrogen) atoms. The molecule has 0 radical (unpaired) electrons. The van der Waals surface area contributed by atoms with Crippen molar-refractivity contribution in [3.05, 3.63) is 35.9 Å². The number of sulfone groups is 1. The first-order valence-electron chi connectivity index (χ1n) is 6.63. The van der Waals surface area contributed by atoms with Crippen LogP contribution in [0.4, 0.5) is 0 Å². The molecule has 1 aliphatic heterocycles. The Balaban J connectivity index is 1.83. The Labute approximate surface area is 110 Å². The van der Waals surface area contributed by atoms with Gasteiger partial charge in [-0.15, -0.1) is 0 Å². The summed E-state index contributed by atoms with van der Waals surface area (Å²) in [5.74, 6) is 0.458. The molecule has 1 aromatic carbocycles. The fraction of sp³-hybridized carbons (Fsp3) is 0.571. The van der Waals surface area contributed by atoms with Crippen molar-refractivity contribution in [2.75, 3.05) is 12.3 Å². The van der Waals surface area contributed by atoms with E-state index in [0.717, 1.165) is 24.9 Å². The summed E-state index contributed by atoms with van der Waals surface area (Å²) in [5, 5.41) is 3.39. The summed E-state index contributed by atoms with van der Waals surface area (Å²) < 4.78 is 24.0. The molecule has 1 unspecified atom stereocenters. The van der Waals surface area contributed by atoms with Gasteiger partial charge < -0.3 is 5.32 Å². The molecular weight excluding hydrogens is 246 g/mol. The summed E-state index contributed by atoms with van der Waals surface area (Å²) in [7, 11) is -2.97. The Hall–Kier alpha value is -0.870. The molecular formula is C14H21NO2S. The molecule has 1 aromatic rings. The standard InChI is InChI=1S/C14H21NO2S/c16-18(17,12-13-6-2-1-3-7-13)11-9-14-8-4-5-10-15-14/h1-3,6-7,14-15H,4-5,8-12H2. The zero-order valence-electron chi connectivity index (χ0n) is 10.6. The van der Waals surface area contributed by atoms with Crippen LogP contribution in [-0.2, 0) is 15.6 Å². The van der Waals surface area contributed by atoms with Crippen LogP contribution < -0.4 is 5.32 Å². The van der Waals surface area contributed by atoms with E-state index in [1.54, 1.807) is 0 Å². The van der Waals surface area contributed by atoms with Crippen molar-refractivity contribution in [1.82, 2.24) is 5.32 Å². The second kappa shape index (κ2) is 6.34. The van der Waals surface area contributed by atoms with Crippen LogP contribution in [0.1, 0.15) is 31.2 Å². The molecule has 1 N–H and O–H groups in total. The summed E-state index contributed by atoms with van der Waals surface area (Å²) in [6.07, 6.45) is 4.29. The maximum atomic E-state index is 12.0. The molecule has 4 heteroatoms. The number of hydrogen-bond donors (Lipinski definition) is 1. The van der Waals surface area contributed by atoms with Gasteiger partial charge >= 0.3 is 0 Å². The van der Waals surface area contributed by atoms with Gasteiger partial charge in [0.25, 0.3) is 0 Å². The normalized spacial score (nSPS) is 20.8. The number of rotatable bonds is 5. The van der Waals surface area contributed by atoms with Crippen LogP contribution in [0.2, 0.25) is 0 Å². The zero-order chi connectivity index (χ0) is 12.8. The molecule has 1 heterocycles. The highest BCUT2D eigenvalue weighted by Gasteiger charge is 2.17. The highest BCUT2D eigenvalue weighted by Crippen LogP contribution is 2.13. The van der Waals surface area contributed by atoms with Crippen LogP contribution in [0, 0.1) is 0 Å². The minimum absolute atomic E-state index is 0.167. The van der Waals surface area contributed by atoms with Gasteiger partial charge in [0.15, 0.2) is 9.84 Å². The van der Waals surface area contributed by atoms with Crippen LogP contribution in [0.25, 0.3) is 0 Å². The van der Waals surface area contributed by atoms with E-state index in [9.17, 15) is 8.42 Å². The van der Waals surface area contributed by atoms with E-state index in [0.29, 0.717) is 11.8 Å². The smallest absolute Gasteiger partial charge is 0.154 e. The average molecular weight is 267 g/mol. The topological polar surface area (TPSA) is 46.2 Å². The fourth-order valence-electron chi connectivity index (χ4n) is 2.39. The third kappa shape index (κ3) is 4.42. The van der Waals surface area contributed by atoms with Crippen molar-refractivity contribution in [3.8, 4) is 0 Å². The summed E-state index contributed by atoms with van der Waals surface area (Å²) in [6, 6.07) is 9.81. The van der Waals surface area contributed by atoms with Gasteiger partial charge in [0, 0.05) is 6.04 Å². The van der Waals surface area contributed by atoms with Gasteiger partial charge in [-0.05, 0) is 31.4 Å². The van der Waals surface area contributed by atoms with Gasteiger partial charge in [-0.2, -0.15) is 0 Å². The van der Waals surface area contributed by atoms with Crippen molar-refractivity contribution in [3.63, 3.8) is 0 Å². The van der Waals surface area contributed by atoms with Crippen LogP contribution in [0.15, 0.2) is 30.3 Å². The van der Waals surface area contributed by atoms with E-state index in [1.165, 1.54) is 12.8 Å². The van der Waals surface area contributed by atoms with E-state index in [-0.39, 0.29) is 5.75 Å². The molecule has 1 atom stereocenters. The molecule has 0 spiro atoms. The summed E-state index contributed by atoms with van der Waals surface area (Å²) in [6.45, 7) is 1.03. The van der Waals surface area contributed by atoms with Crippen molar-refractivity contribution in [2.24, 2.45) is 0 Å². The minimum atomic E-state index is -2.97. The summed E-state index contributed by atoms with van der Waals surface area (Å²) in [5.41, 5.74) is 0.883. The second-order valence-electron chi connectivity index (χ2n) is 5.01. The van der Waals surface area contributed by atoms with E-state index >= 15 is 0 Å². The van der Waals surface area contributed by atoms with Crippen LogP contribution in [0.5, 0.6) is 0 Å². The lowest BCUT2D eigenvalue weighted by atomic mass is 10.0. The lowest BCUT2D eigenvalue weighted by molar-refractivity contribution is 0.392. The first-order chi connectivity index (χ1) is 8.66. The van der Waals surface area contributed by atoms with Gasteiger partial charge in [0.2, 0.25) is 0 Å². The quantitative estimate of drug-likeness (QED) is 0.889. The van der Waals surface area contributed by atoms with Gasteiger partial charge in [0.05, 0.1) is 11.5 Å². The molecule has 3 nitrogen and oxygen atoms in total. The Morgan fingerprint density at radius 3 is 2.61 bits per heavy atom. The lowest BCUT2D eigenvalue weighted by Crippen LogP contribution is -2.35. The molecule has 1 aliphatic rings. The largest absolute Gasteiger partial charge is 0.314 e. The number of benzene rings is 1. The Kier molecular flexibility index (Phi) is 4.78. The van der Waals surface area contributed by atoms with Crippen molar-refractivity contribution < 1.29 is 8.42 Å². The van der Waals surface area contributed by atoms with E-state index in [4.69, 9.17) is 0 Å². The number of hydrogen-bond acceptors (Lipinski definition) is 3. The third-order valence-corrected chi connectivity index (χ3v) is 5.05. The van der Waals surface area contributed by atoms with Crippen molar-refractivity contribution in [1.29, 1.82) is 0 Å². The lowest BCUT2D eigenvalue weighted by Gasteiger charge is -2.23. The Morgan fingerprint density at radius 2 is 1.94 bits per heavy atom. The van der Waals surface area contributed by atoms with E-state index < -0.39 is 9.84 Å². The molecule has 1 saturated heterocycles. The van der Waals surface area contributed by atoms with Gasteiger partial charge in [-0.25, -0.2) is 8.42 Å². The molecule has 0 aliphatic carbocycles. The molecule has 0 aromatic heterocycles. The predicted octanol–water partition coefficient (Wildman–Crippen LogP) is 2.13. The molecule has 1 fully saturated rings. The zero-order valence-corrected chi connectivity index (χ0v) is 11.5. The van der Waals surface area contributed by atoms with Crippen molar-refractivity contribution >= 4 is 9.84 Å². The Morgan fingerprint density at radius 1 is 1.17 bits per heavy atom. The average Bonchev–Trinajstić information content (AvgIpc) is 2.38. The third-order valence-electron chi connectivity index (χ3n) is 3.42. The number of nitrogens with one attached hydrogen (secondary N) is 1. The van der Waals surface area contributed by atoms with Crippen LogP contribution in [-0.4, -0.2) is 26.8 Å². The second-order valence-corrected chi connectivity index (χ2v) is 7.20. The monoisotopic (exact) mass is 267 g/mol. The summed E-state index contributed by atoms with van der Waals surface area (Å²) >= 11 is 0. The van der Waals surface area contributed by atoms with Gasteiger partial charge in [-0.3, -0.25) is 0 Å².